The van der Waals surface area contributed by atoms with Crippen LogP contribution in [0.4, 0.5) is 0 Å². The monoisotopic (exact) mass is 283 g/mol. The molecule has 2 aromatic rings. The van der Waals surface area contributed by atoms with Crippen molar-refractivity contribution in [2.75, 3.05) is 0 Å². The number of benzene rings is 2. The van der Waals surface area contributed by atoms with E-state index < -0.39 is 0 Å². The van der Waals surface area contributed by atoms with Crippen LogP contribution in [0.3, 0.4) is 0 Å². The first-order chi connectivity index (χ1) is 10.2. The molecule has 0 heterocycles. The molecule has 1 atom stereocenters. The predicted molar refractivity (Wildman–Crippen MR) is 84.4 cm³/mol. The largest absolute Gasteiger partial charge is 0.489 e. The van der Waals surface area contributed by atoms with Gasteiger partial charge in [-0.25, -0.2) is 0 Å². The summed E-state index contributed by atoms with van der Waals surface area (Å²) in [7, 11) is 0. The molecule has 0 aliphatic rings. The fourth-order valence-corrected chi connectivity index (χ4v) is 1.98. The topological polar surface area (TPSA) is 52.3 Å². The van der Waals surface area contributed by atoms with E-state index in [9.17, 15) is 4.79 Å². The highest BCUT2D eigenvalue weighted by atomic mass is 16.5. The Labute approximate surface area is 125 Å². The minimum absolute atomic E-state index is 0.0634. The highest BCUT2D eigenvalue weighted by Crippen LogP contribution is 2.16. The Morgan fingerprint density at radius 1 is 1.10 bits per heavy atom. The molecule has 0 aliphatic heterocycles. The van der Waals surface area contributed by atoms with Crippen LogP contribution in [0.2, 0.25) is 0 Å². The molecule has 0 saturated carbocycles. The van der Waals surface area contributed by atoms with Gasteiger partial charge in [-0.3, -0.25) is 4.79 Å². The maximum Gasteiger partial charge on any atom is 0.164 e. The third kappa shape index (κ3) is 4.72. The molecule has 0 fully saturated rings. The first-order valence-corrected chi connectivity index (χ1v) is 7.24. The molecule has 3 heteroatoms. The van der Waals surface area contributed by atoms with Crippen LogP contribution in [0.15, 0.2) is 54.6 Å². The predicted octanol–water partition coefficient (Wildman–Crippen LogP) is 3.58. The number of rotatable bonds is 7. The van der Waals surface area contributed by atoms with E-state index in [4.69, 9.17) is 10.5 Å². The summed E-state index contributed by atoms with van der Waals surface area (Å²) in [5, 5.41) is 0. The van der Waals surface area contributed by atoms with Gasteiger partial charge in [-0.2, -0.15) is 0 Å². The van der Waals surface area contributed by atoms with Crippen LogP contribution in [0, 0.1) is 0 Å². The van der Waals surface area contributed by atoms with Crippen LogP contribution in [-0.4, -0.2) is 11.8 Å². The minimum Gasteiger partial charge on any atom is -0.489 e. The van der Waals surface area contributed by atoms with Crippen molar-refractivity contribution in [3.63, 3.8) is 0 Å². The fourth-order valence-electron chi connectivity index (χ4n) is 1.98. The number of ether oxygens (including phenoxy) is 1. The molecular formula is C18H21NO2. The Morgan fingerprint density at radius 3 is 2.38 bits per heavy atom. The Balaban J connectivity index is 1.91. The molecule has 0 aromatic heterocycles. The lowest BCUT2D eigenvalue weighted by Gasteiger charge is -2.09. The van der Waals surface area contributed by atoms with E-state index in [-0.39, 0.29) is 11.8 Å². The van der Waals surface area contributed by atoms with Gasteiger partial charge in [0, 0.05) is 18.0 Å². The van der Waals surface area contributed by atoms with Gasteiger partial charge in [0.1, 0.15) is 12.4 Å². The molecule has 2 aromatic carbocycles. The highest BCUT2D eigenvalue weighted by Gasteiger charge is 2.10. The highest BCUT2D eigenvalue weighted by molar-refractivity contribution is 5.96. The van der Waals surface area contributed by atoms with Gasteiger partial charge in [0.2, 0.25) is 0 Å². The van der Waals surface area contributed by atoms with E-state index in [0.717, 1.165) is 17.7 Å². The van der Waals surface area contributed by atoms with Crippen LogP contribution >= 0.6 is 0 Å². The zero-order chi connectivity index (χ0) is 15.1. The van der Waals surface area contributed by atoms with E-state index in [1.807, 2.05) is 49.4 Å². The summed E-state index contributed by atoms with van der Waals surface area (Å²) in [4.78, 5) is 12.0. The zero-order valence-electron chi connectivity index (χ0n) is 12.3. The second kappa shape index (κ2) is 7.60. The number of nitrogens with two attached hydrogens (primary N) is 1. The van der Waals surface area contributed by atoms with Crippen molar-refractivity contribution < 1.29 is 9.53 Å². The molecule has 0 saturated heterocycles. The average molecular weight is 283 g/mol. The quantitative estimate of drug-likeness (QED) is 0.790. The molecule has 2 rings (SSSR count). The van der Waals surface area contributed by atoms with Gasteiger partial charge < -0.3 is 10.5 Å². The van der Waals surface area contributed by atoms with Gasteiger partial charge in [-0.15, -0.1) is 0 Å². The summed E-state index contributed by atoms with van der Waals surface area (Å²) < 4.78 is 5.69. The van der Waals surface area contributed by atoms with Crippen molar-refractivity contribution >= 4 is 5.78 Å². The molecular weight excluding hydrogens is 262 g/mol. The van der Waals surface area contributed by atoms with Gasteiger partial charge in [-0.05, 0) is 36.2 Å². The molecule has 21 heavy (non-hydrogen) atoms. The first kappa shape index (κ1) is 15.3. The average Bonchev–Trinajstić information content (AvgIpc) is 2.54. The SMILES string of the molecule is CCC(N)CC(=O)c1ccc(OCc2ccccc2)cc1. The number of hydrogen-bond donors (Lipinski definition) is 1. The Hall–Kier alpha value is -2.13. The number of hydrogen-bond acceptors (Lipinski definition) is 3. The van der Waals surface area contributed by atoms with Gasteiger partial charge in [0.15, 0.2) is 5.78 Å². The molecule has 0 bridgehead atoms. The molecule has 3 nitrogen and oxygen atoms in total. The molecule has 1 unspecified atom stereocenters. The summed E-state index contributed by atoms with van der Waals surface area (Å²) in [6.45, 7) is 2.51. The van der Waals surface area contributed by atoms with Crippen LogP contribution in [-0.2, 0) is 6.61 Å². The zero-order valence-corrected chi connectivity index (χ0v) is 12.3. The smallest absolute Gasteiger partial charge is 0.164 e. The number of carbonyl (C=O) groups is 1. The van der Waals surface area contributed by atoms with Crippen molar-refractivity contribution in [1.82, 2.24) is 0 Å². The van der Waals surface area contributed by atoms with E-state index in [1.54, 1.807) is 12.1 Å². The van der Waals surface area contributed by atoms with Crippen molar-refractivity contribution in [2.45, 2.75) is 32.4 Å². The second-order valence-corrected chi connectivity index (χ2v) is 5.09. The van der Waals surface area contributed by atoms with E-state index >= 15 is 0 Å². The molecule has 0 spiro atoms. The van der Waals surface area contributed by atoms with Crippen molar-refractivity contribution in [2.24, 2.45) is 5.73 Å². The first-order valence-electron chi connectivity index (χ1n) is 7.24. The lowest BCUT2D eigenvalue weighted by Crippen LogP contribution is -2.22. The van der Waals surface area contributed by atoms with Gasteiger partial charge in [0.25, 0.3) is 0 Å². The van der Waals surface area contributed by atoms with Crippen LogP contribution in [0.25, 0.3) is 0 Å². The second-order valence-electron chi connectivity index (χ2n) is 5.09. The number of Topliss-reactive ketones (excluding diaryl/α,β-unsaturated/α-hetero) is 1. The summed E-state index contributed by atoms with van der Waals surface area (Å²) >= 11 is 0. The van der Waals surface area contributed by atoms with Gasteiger partial charge in [-0.1, -0.05) is 37.3 Å². The molecule has 0 aliphatic carbocycles. The standard InChI is InChI=1S/C18H21NO2/c1-2-16(19)12-18(20)15-8-10-17(11-9-15)21-13-14-6-4-3-5-7-14/h3-11,16H,2,12-13,19H2,1H3. The van der Waals surface area contributed by atoms with Crippen molar-refractivity contribution in [3.8, 4) is 5.75 Å². The lowest BCUT2D eigenvalue weighted by atomic mass is 10.0. The van der Waals surface area contributed by atoms with Gasteiger partial charge >= 0.3 is 0 Å². The van der Waals surface area contributed by atoms with E-state index in [1.165, 1.54) is 0 Å². The summed E-state index contributed by atoms with van der Waals surface area (Å²) in [5.41, 5.74) is 7.61. The summed E-state index contributed by atoms with van der Waals surface area (Å²) in [5.74, 6) is 0.842. The van der Waals surface area contributed by atoms with E-state index in [0.29, 0.717) is 18.6 Å². The minimum atomic E-state index is -0.0634. The summed E-state index contributed by atoms with van der Waals surface area (Å²) in [6.07, 6.45) is 1.20. The Kier molecular flexibility index (Phi) is 5.52. The maximum atomic E-state index is 12.0. The Bertz CT molecular complexity index is 564. The molecule has 2 N–H and O–H groups in total. The molecule has 0 radical (unpaired) electrons. The fraction of sp³-hybridized carbons (Fsp3) is 0.278. The lowest BCUT2D eigenvalue weighted by molar-refractivity contribution is 0.0974. The maximum absolute atomic E-state index is 12.0. The number of carbonyl (C=O) groups excluding carboxylic acids is 1. The third-order valence-corrected chi connectivity index (χ3v) is 3.40. The summed E-state index contributed by atoms with van der Waals surface area (Å²) in [6, 6.07) is 17.2. The third-order valence-electron chi connectivity index (χ3n) is 3.40. The van der Waals surface area contributed by atoms with Crippen molar-refractivity contribution in [3.05, 3.63) is 65.7 Å². The molecule has 110 valence electrons. The number of ketones is 1. The van der Waals surface area contributed by atoms with E-state index in [2.05, 4.69) is 0 Å². The van der Waals surface area contributed by atoms with Gasteiger partial charge in [0.05, 0.1) is 0 Å². The van der Waals surface area contributed by atoms with Crippen LogP contribution in [0.5, 0.6) is 5.75 Å². The molecule has 0 amide bonds. The van der Waals surface area contributed by atoms with Crippen LogP contribution < -0.4 is 10.5 Å². The Morgan fingerprint density at radius 2 is 1.76 bits per heavy atom. The van der Waals surface area contributed by atoms with Crippen molar-refractivity contribution in [1.29, 1.82) is 0 Å². The van der Waals surface area contributed by atoms with Crippen LogP contribution in [0.1, 0.15) is 35.7 Å². The normalized spacial score (nSPS) is 11.9.